The van der Waals surface area contributed by atoms with Gasteiger partial charge in [0, 0.05) is 22.7 Å². The van der Waals surface area contributed by atoms with Crippen molar-refractivity contribution in [3.05, 3.63) is 150 Å². The average molecular weight is 553 g/mol. The summed E-state index contributed by atoms with van der Waals surface area (Å²) in [6.45, 7) is 0. The lowest BCUT2D eigenvalue weighted by atomic mass is 9.94. The number of nitrogens with one attached hydrogen (secondary N) is 1. The normalized spacial score (nSPS) is 15.2. The first-order chi connectivity index (χ1) is 21.3. The molecule has 3 heterocycles. The van der Waals surface area contributed by atoms with Crippen LogP contribution in [-0.2, 0) is 0 Å². The third-order valence-corrected chi connectivity index (χ3v) is 8.42. The van der Waals surface area contributed by atoms with Gasteiger partial charge in [0.2, 0.25) is 5.71 Å². The highest BCUT2D eigenvalue weighted by Gasteiger charge is 2.25. The van der Waals surface area contributed by atoms with Crippen molar-refractivity contribution in [2.75, 3.05) is 0 Å². The van der Waals surface area contributed by atoms with Crippen LogP contribution in [0.15, 0.2) is 148 Å². The Balaban J connectivity index is 1.28. The maximum absolute atomic E-state index is 6.11. The van der Waals surface area contributed by atoms with Gasteiger partial charge in [0.1, 0.15) is 17.6 Å². The number of aliphatic imine (C=N–C) groups is 2. The van der Waals surface area contributed by atoms with Gasteiger partial charge in [-0.1, -0.05) is 115 Å². The summed E-state index contributed by atoms with van der Waals surface area (Å²) in [4.78, 5) is 14.9. The van der Waals surface area contributed by atoms with Crippen LogP contribution in [0, 0.1) is 0 Å². The number of para-hydroxylation sites is 1. The Morgan fingerprint density at radius 3 is 2.21 bits per heavy atom. The number of rotatable bonds is 3. The van der Waals surface area contributed by atoms with Crippen molar-refractivity contribution in [3.63, 3.8) is 0 Å². The smallest absolute Gasteiger partial charge is 0.228 e. The van der Waals surface area contributed by atoms with Crippen LogP contribution in [0.4, 0.5) is 0 Å². The third-order valence-electron chi connectivity index (χ3n) is 8.42. The summed E-state index contributed by atoms with van der Waals surface area (Å²) in [7, 11) is 0. The number of pyridine rings is 1. The van der Waals surface area contributed by atoms with Gasteiger partial charge in [-0.15, -0.1) is 0 Å². The average Bonchev–Trinajstić information content (AvgIpc) is 3.47. The number of nitrogens with zero attached hydrogens (tertiary/aromatic N) is 3. The van der Waals surface area contributed by atoms with Gasteiger partial charge in [0.15, 0.2) is 5.84 Å². The van der Waals surface area contributed by atoms with Gasteiger partial charge in [-0.3, -0.25) is 0 Å². The lowest BCUT2D eigenvalue weighted by molar-refractivity contribution is 0.653. The molecule has 1 aliphatic rings. The highest BCUT2D eigenvalue weighted by Crippen LogP contribution is 2.35. The van der Waals surface area contributed by atoms with E-state index < -0.39 is 0 Å². The number of hydrogen-bond donors (Lipinski definition) is 1. The lowest BCUT2D eigenvalue weighted by Crippen LogP contribution is -2.33. The number of furan rings is 1. The highest BCUT2D eigenvalue weighted by molar-refractivity contribution is 6.25. The van der Waals surface area contributed by atoms with Crippen molar-refractivity contribution in [1.29, 1.82) is 0 Å². The molecule has 1 N–H and O–H groups in total. The summed E-state index contributed by atoms with van der Waals surface area (Å²) in [6, 6.07) is 44.2. The minimum atomic E-state index is -0.315. The predicted molar refractivity (Wildman–Crippen MR) is 176 cm³/mol. The fourth-order valence-corrected chi connectivity index (χ4v) is 6.41. The third kappa shape index (κ3) is 3.75. The summed E-state index contributed by atoms with van der Waals surface area (Å²) in [5.41, 5.74) is 4.38. The van der Waals surface area contributed by atoms with Crippen LogP contribution in [0.2, 0.25) is 0 Å². The van der Waals surface area contributed by atoms with Crippen molar-refractivity contribution in [2.24, 2.45) is 9.98 Å². The summed E-state index contributed by atoms with van der Waals surface area (Å²) in [5, 5.41) is 12.8. The lowest BCUT2D eigenvalue weighted by Gasteiger charge is -2.24. The minimum Gasteiger partial charge on any atom is -0.438 e. The van der Waals surface area contributed by atoms with E-state index in [4.69, 9.17) is 14.4 Å². The number of aromatic nitrogens is 1. The first kappa shape index (κ1) is 23.9. The molecule has 8 aromatic rings. The van der Waals surface area contributed by atoms with Gasteiger partial charge >= 0.3 is 0 Å². The van der Waals surface area contributed by atoms with E-state index in [1.165, 1.54) is 26.9 Å². The Kier molecular flexibility index (Phi) is 5.19. The number of hydrogen-bond acceptors (Lipinski definition) is 5. The van der Waals surface area contributed by atoms with Crippen molar-refractivity contribution in [2.45, 2.75) is 6.17 Å². The zero-order valence-electron chi connectivity index (χ0n) is 23.0. The Morgan fingerprint density at radius 2 is 1.28 bits per heavy atom. The summed E-state index contributed by atoms with van der Waals surface area (Å²) < 4.78 is 6.11. The monoisotopic (exact) mass is 552 g/mol. The summed E-state index contributed by atoms with van der Waals surface area (Å²) >= 11 is 0. The van der Waals surface area contributed by atoms with Crippen LogP contribution in [0.25, 0.3) is 54.4 Å². The van der Waals surface area contributed by atoms with Gasteiger partial charge in [0.25, 0.3) is 0 Å². The molecular formula is C38H24N4O. The summed E-state index contributed by atoms with van der Waals surface area (Å²) in [5.74, 6) is 1.42. The van der Waals surface area contributed by atoms with E-state index in [1.54, 1.807) is 6.20 Å². The van der Waals surface area contributed by atoms with E-state index in [-0.39, 0.29) is 6.17 Å². The number of benzene rings is 6. The van der Waals surface area contributed by atoms with E-state index in [0.29, 0.717) is 11.5 Å². The Bertz CT molecular complexity index is 2440. The molecule has 9 rings (SSSR count). The molecule has 0 aliphatic carbocycles. The van der Waals surface area contributed by atoms with Crippen LogP contribution in [0.1, 0.15) is 22.9 Å². The van der Waals surface area contributed by atoms with Crippen LogP contribution >= 0.6 is 0 Å². The molecule has 43 heavy (non-hydrogen) atoms. The van der Waals surface area contributed by atoms with Crippen molar-refractivity contribution in [1.82, 2.24) is 10.3 Å². The fourth-order valence-electron chi connectivity index (χ4n) is 6.41. The molecule has 1 atom stereocenters. The molecule has 0 radical (unpaired) electrons. The molecule has 5 nitrogen and oxygen atoms in total. The second-order valence-corrected chi connectivity index (χ2v) is 10.9. The number of fused-ring (bicyclic) bond motifs is 8. The van der Waals surface area contributed by atoms with Gasteiger partial charge in [0.05, 0.1) is 5.39 Å². The molecular weight excluding hydrogens is 528 g/mol. The minimum absolute atomic E-state index is 0.315. The van der Waals surface area contributed by atoms with E-state index >= 15 is 0 Å². The standard InChI is InChI=1S/C38H24N4O/c1-2-10-24(11-3-1)35-40-36(42-37(41-35)32-21-22-39-38-34(32)31-13-6-7-16-33(31)43-38)30-15-8-14-26-28-18-17-23-9-4-5-12-25(23)27(28)19-20-29(26)30/h1-22,35H,(H,40,41,42). The van der Waals surface area contributed by atoms with Crippen LogP contribution in [-0.4, -0.2) is 16.7 Å². The molecule has 2 aromatic heterocycles. The quantitative estimate of drug-likeness (QED) is 0.223. The number of amidine groups is 2. The second kappa shape index (κ2) is 9.36. The summed E-state index contributed by atoms with van der Waals surface area (Å²) in [6.07, 6.45) is 1.46. The van der Waals surface area contributed by atoms with Crippen molar-refractivity contribution < 1.29 is 4.42 Å². The maximum Gasteiger partial charge on any atom is 0.228 e. The SMILES string of the molecule is c1ccc(C2N=C(c3cccc4c3ccc3c5ccccc5ccc43)N=C(c3ccnc4oc5ccccc5c34)N2)cc1. The molecule has 0 bridgehead atoms. The molecule has 1 unspecified atom stereocenters. The zero-order valence-corrected chi connectivity index (χ0v) is 23.0. The molecule has 0 spiro atoms. The van der Waals surface area contributed by atoms with E-state index in [1.807, 2.05) is 42.5 Å². The largest absolute Gasteiger partial charge is 0.438 e. The Morgan fingerprint density at radius 1 is 0.558 bits per heavy atom. The Hall–Kier alpha value is -5.81. The first-order valence-corrected chi connectivity index (χ1v) is 14.4. The van der Waals surface area contributed by atoms with Crippen LogP contribution < -0.4 is 5.32 Å². The topological polar surface area (TPSA) is 62.8 Å². The molecule has 0 fully saturated rings. The second-order valence-electron chi connectivity index (χ2n) is 10.9. The molecule has 1 aliphatic heterocycles. The molecule has 202 valence electrons. The highest BCUT2D eigenvalue weighted by atomic mass is 16.3. The van der Waals surface area contributed by atoms with Gasteiger partial charge < -0.3 is 9.73 Å². The van der Waals surface area contributed by atoms with E-state index in [0.717, 1.165) is 44.3 Å². The van der Waals surface area contributed by atoms with Gasteiger partial charge in [-0.05, 0) is 50.0 Å². The maximum atomic E-state index is 6.11. The molecule has 0 saturated heterocycles. The van der Waals surface area contributed by atoms with Crippen molar-refractivity contribution >= 4 is 66.1 Å². The molecule has 0 saturated carbocycles. The predicted octanol–water partition coefficient (Wildman–Crippen LogP) is 8.94. The van der Waals surface area contributed by atoms with E-state index in [9.17, 15) is 0 Å². The molecule has 5 heteroatoms. The fraction of sp³-hybridized carbons (Fsp3) is 0.0263. The zero-order chi connectivity index (χ0) is 28.3. The van der Waals surface area contributed by atoms with Crippen LogP contribution in [0.5, 0.6) is 0 Å². The van der Waals surface area contributed by atoms with Gasteiger partial charge in [-0.25, -0.2) is 15.0 Å². The van der Waals surface area contributed by atoms with Gasteiger partial charge in [-0.2, -0.15) is 0 Å². The van der Waals surface area contributed by atoms with E-state index in [2.05, 4.69) is 95.2 Å². The Labute approximate surface area is 246 Å². The molecule has 6 aromatic carbocycles. The van der Waals surface area contributed by atoms with Crippen molar-refractivity contribution in [3.8, 4) is 0 Å². The van der Waals surface area contributed by atoms with Crippen LogP contribution in [0.3, 0.4) is 0 Å². The molecule has 0 amide bonds. The first-order valence-electron chi connectivity index (χ1n) is 14.4.